The molecule has 0 aliphatic heterocycles. The van der Waals surface area contributed by atoms with E-state index in [1.807, 2.05) is 0 Å². The van der Waals surface area contributed by atoms with Crippen LogP contribution in [0.2, 0.25) is 0 Å². The lowest BCUT2D eigenvalue weighted by atomic mass is 10.1. The van der Waals surface area contributed by atoms with Gasteiger partial charge in [0.1, 0.15) is 6.61 Å². The van der Waals surface area contributed by atoms with Crippen molar-refractivity contribution < 1.29 is 46.9 Å². The van der Waals surface area contributed by atoms with Crippen molar-refractivity contribution in [3.8, 4) is 11.8 Å². The minimum absolute atomic E-state index is 0.0422. The molecule has 5 N–H and O–H groups in total. The summed E-state index contributed by atoms with van der Waals surface area (Å²) in [5.74, 6) is 7.43. The van der Waals surface area contributed by atoms with Crippen molar-refractivity contribution in [2.75, 3.05) is 59.8 Å². The number of hydrogen-bond donors (Lipinski definition) is 5. The van der Waals surface area contributed by atoms with Crippen molar-refractivity contribution in [3.05, 3.63) is 0 Å². The fourth-order valence-corrected chi connectivity index (χ4v) is 4.93. The second kappa shape index (κ2) is 17.9. The molecule has 0 bridgehead atoms. The van der Waals surface area contributed by atoms with Crippen molar-refractivity contribution in [3.63, 3.8) is 0 Å². The zero-order valence-corrected chi connectivity index (χ0v) is 23.1. The Morgan fingerprint density at radius 2 is 1.72 bits per heavy atom. The highest BCUT2D eigenvalue weighted by molar-refractivity contribution is 7.88. The highest BCUT2D eigenvalue weighted by Gasteiger charge is 2.49. The van der Waals surface area contributed by atoms with Crippen LogP contribution in [0.1, 0.15) is 38.5 Å². The monoisotopic (exact) mass is 576 g/mol. The van der Waals surface area contributed by atoms with Crippen molar-refractivity contribution in [1.82, 2.24) is 20.1 Å². The Hall–Kier alpha value is -2.64. The van der Waals surface area contributed by atoms with E-state index in [0.717, 1.165) is 25.7 Å². The Bertz CT molecular complexity index is 934. The number of alkyl carbamates (subject to hydrolysis) is 1. The van der Waals surface area contributed by atoms with Crippen LogP contribution in [0.25, 0.3) is 0 Å². The Kier molecular flexibility index (Phi) is 14.9. The lowest BCUT2D eigenvalue weighted by molar-refractivity contribution is -0.122. The van der Waals surface area contributed by atoms with Gasteiger partial charge in [-0.15, -0.1) is 11.8 Å². The van der Waals surface area contributed by atoms with E-state index in [-0.39, 0.29) is 26.1 Å². The number of hydrogen-bond acceptors (Lipinski definition) is 10. The largest absolute Gasteiger partial charge is 0.449 e. The van der Waals surface area contributed by atoms with Gasteiger partial charge in [0.15, 0.2) is 0 Å². The minimum atomic E-state index is -4.17. The van der Waals surface area contributed by atoms with Gasteiger partial charge in [0.25, 0.3) is 0 Å². The maximum atomic E-state index is 12.1. The van der Waals surface area contributed by atoms with Crippen LogP contribution in [0, 0.1) is 29.6 Å². The molecule has 0 aromatic rings. The molecule has 2 aliphatic rings. The molecule has 0 unspecified atom stereocenters. The maximum absolute atomic E-state index is 12.1. The summed E-state index contributed by atoms with van der Waals surface area (Å²) in [7, 11) is -2.67. The van der Waals surface area contributed by atoms with Crippen molar-refractivity contribution in [2.24, 2.45) is 17.8 Å². The first-order chi connectivity index (χ1) is 18.8. The number of nitrogens with one attached hydrogen (secondary N) is 4. The first kappa shape index (κ1) is 32.6. The molecular formula is C24H40N4O10S. The zero-order chi connectivity index (χ0) is 28.5. The summed E-state index contributed by atoms with van der Waals surface area (Å²) in [4.78, 5) is 35.8. The number of aliphatic hydroxyl groups excluding tert-OH is 1. The summed E-state index contributed by atoms with van der Waals surface area (Å²) in [5, 5.41) is 14.5. The normalized spacial score (nSPS) is 20.6. The van der Waals surface area contributed by atoms with Gasteiger partial charge in [-0.1, -0.05) is 0 Å². The molecule has 0 heterocycles. The molecule has 3 amide bonds. The van der Waals surface area contributed by atoms with Crippen LogP contribution in [-0.2, 0) is 34.0 Å². The molecule has 0 aromatic heterocycles. The van der Waals surface area contributed by atoms with E-state index in [1.54, 1.807) is 4.72 Å². The molecule has 0 spiro atoms. The maximum Gasteiger partial charge on any atom is 0.421 e. The predicted molar refractivity (Wildman–Crippen MR) is 138 cm³/mol. The average Bonchev–Trinajstić information content (AvgIpc) is 3.53. The summed E-state index contributed by atoms with van der Waals surface area (Å²) in [5.41, 5.74) is 0. The average molecular weight is 577 g/mol. The lowest BCUT2D eigenvalue weighted by Gasteiger charge is -2.17. The third kappa shape index (κ3) is 13.8. The van der Waals surface area contributed by atoms with Gasteiger partial charge >= 0.3 is 22.4 Å². The molecule has 0 aromatic carbocycles. The van der Waals surface area contributed by atoms with Gasteiger partial charge in [-0.3, -0.25) is 4.79 Å². The Labute approximate surface area is 229 Å². The van der Waals surface area contributed by atoms with Crippen molar-refractivity contribution in [1.29, 1.82) is 0 Å². The third-order valence-electron chi connectivity index (χ3n) is 6.29. The molecule has 1 fully saturated rings. The second-order valence-corrected chi connectivity index (χ2v) is 10.7. The number of methoxy groups -OCH3 is 1. The lowest BCUT2D eigenvalue weighted by Crippen LogP contribution is -2.45. The van der Waals surface area contributed by atoms with Crippen LogP contribution in [0.15, 0.2) is 0 Å². The number of aliphatic hydroxyl groups is 1. The van der Waals surface area contributed by atoms with Crippen molar-refractivity contribution in [2.45, 2.75) is 44.6 Å². The van der Waals surface area contributed by atoms with E-state index < -0.39 is 47.6 Å². The predicted octanol–water partition coefficient (Wildman–Crippen LogP) is -0.367. The standard InChI is InChI=1S/C24H40N4O10S/c1-35-13-14-36-12-11-26-39(33,34)28-24(32)37-16-18(15-29)27-22(30)9-6-10-25-23(31)38-17-21-19-7-4-2-3-5-8-20(19)21/h18-21,26,29H,4-17H2,1H3,(H,25,31)(H,27,30)(H,28,32)/t18-,19-,20+,21-/m0/s1. The summed E-state index contributed by atoms with van der Waals surface area (Å²) in [6, 6.07) is -0.938. The fourth-order valence-electron chi connectivity index (χ4n) is 4.23. The SMILES string of the molecule is COCCOCCNS(=O)(=O)NC(=O)OC[C@H](CO)NC(=O)CCCNC(=O)OC[C@@H]1[C@@H]2CCC#CCC[C@@H]21. The fraction of sp³-hybridized carbons (Fsp3) is 0.792. The van der Waals surface area contributed by atoms with Gasteiger partial charge in [0, 0.05) is 39.5 Å². The number of carbonyl (C=O) groups is 3. The number of amides is 3. The van der Waals surface area contributed by atoms with Gasteiger partial charge in [0.2, 0.25) is 5.91 Å². The molecule has 4 atom stereocenters. The summed E-state index contributed by atoms with van der Waals surface area (Å²) in [6.45, 7) is 0.271. The van der Waals surface area contributed by atoms with Crippen LogP contribution in [-0.4, -0.2) is 97.5 Å². The van der Waals surface area contributed by atoms with E-state index >= 15 is 0 Å². The molecule has 39 heavy (non-hydrogen) atoms. The van der Waals surface area contributed by atoms with Crippen LogP contribution < -0.4 is 20.1 Å². The van der Waals surface area contributed by atoms with E-state index in [9.17, 15) is 27.9 Å². The Balaban J connectivity index is 1.52. The van der Waals surface area contributed by atoms with Gasteiger partial charge in [0.05, 0.1) is 39.1 Å². The van der Waals surface area contributed by atoms with E-state index in [0.29, 0.717) is 44.0 Å². The molecule has 15 heteroatoms. The van der Waals surface area contributed by atoms with Gasteiger partial charge in [-0.05, 0) is 37.0 Å². The molecule has 14 nitrogen and oxygen atoms in total. The number of ether oxygens (including phenoxy) is 4. The molecule has 0 saturated heterocycles. The Morgan fingerprint density at radius 1 is 1.00 bits per heavy atom. The summed E-state index contributed by atoms with van der Waals surface area (Å²) >= 11 is 0. The van der Waals surface area contributed by atoms with E-state index in [2.05, 4.69) is 27.2 Å². The molecule has 1 saturated carbocycles. The Morgan fingerprint density at radius 3 is 2.38 bits per heavy atom. The van der Waals surface area contributed by atoms with Crippen LogP contribution >= 0.6 is 0 Å². The topological polar surface area (TPSA) is 191 Å². The highest BCUT2D eigenvalue weighted by atomic mass is 32.2. The van der Waals surface area contributed by atoms with Gasteiger partial charge in [-0.2, -0.15) is 13.1 Å². The first-order valence-electron chi connectivity index (χ1n) is 13.0. The second-order valence-electron chi connectivity index (χ2n) is 9.20. The van der Waals surface area contributed by atoms with E-state index in [4.69, 9.17) is 18.9 Å². The number of rotatable bonds is 18. The van der Waals surface area contributed by atoms with Gasteiger partial charge < -0.3 is 34.7 Å². The summed E-state index contributed by atoms with van der Waals surface area (Å²) in [6.07, 6.45) is 2.46. The quantitative estimate of drug-likeness (QED) is 0.106. The molecular weight excluding hydrogens is 536 g/mol. The minimum Gasteiger partial charge on any atom is -0.449 e. The highest BCUT2D eigenvalue weighted by Crippen LogP contribution is 2.52. The smallest absolute Gasteiger partial charge is 0.421 e. The molecule has 0 radical (unpaired) electrons. The molecule has 2 aliphatic carbocycles. The van der Waals surface area contributed by atoms with E-state index in [1.165, 1.54) is 7.11 Å². The third-order valence-corrected chi connectivity index (χ3v) is 7.30. The summed E-state index contributed by atoms with van der Waals surface area (Å²) < 4.78 is 47.4. The van der Waals surface area contributed by atoms with Crippen LogP contribution in [0.3, 0.4) is 0 Å². The number of fused-ring (bicyclic) bond motifs is 1. The molecule has 2 rings (SSSR count). The zero-order valence-electron chi connectivity index (χ0n) is 22.2. The van der Waals surface area contributed by atoms with Crippen LogP contribution in [0.5, 0.6) is 0 Å². The first-order valence-corrected chi connectivity index (χ1v) is 14.5. The molecule has 222 valence electrons. The van der Waals surface area contributed by atoms with Crippen molar-refractivity contribution >= 4 is 28.3 Å². The number of carbonyl (C=O) groups excluding carboxylic acids is 3. The van der Waals surface area contributed by atoms with Gasteiger partial charge in [-0.25, -0.2) is 14.3 Å². The van der Waals surface area contributed by atoms with Crippen LogP contribution in [0.4, 0.5) is 9.59 Å².